The molecule has 0 bridgehead atoms. The van der Waals surface area contributed by atoms with Crippen LogP contribution < -0.4 is 20.1 Å². The third kappa shape index (κ3) is 10.1. The fourth-order valence-electron chi connectivity index (χ4n) is 6.60. The molecule has 0 aromatic heterocycles. The average Bonchev–Trinajstić information content (AvgIpc) is 3.40. The average molecular weight is 799 g/mol. The molecule has 0 saturated carbocycles. The lowest BCUT2D eigenvalue weighted by atomic mass is 9.76. The number of urea groups is 1. The summed E-state index contributed by atoms with van der Waals surface area (Å²) in [5, 5.41) is 5.63. The first kappa shape index (κ1) is 45.5. The Labute approximate surface area is 344 Å². The molecule has 3 unspecified atom stereocenters. The number of ketones is 1. The molecule has 0 aliphatic carbocycles. The molecule has 314 valence electrons. The summed E-state index contributed by atoms with van der Waals surface area (Å²) in [5.41, 5.74) is 2.00. The molecule has 12 heteroatoms. The van der Waals surface area contributed by atoms with Crippen LogP contribution in [0.4, 0.5) is 16.2 Å². The van der Waals surface area contributed by atoms with E-state index in [0.29, 0.717) is 22.8 Å². The molecule has 12 nitrogen and oxygen atoms in total. The summed E-state index contributed by atoms with van der Waals surface area (Å²) in [6, 6.07) is 17.3. The van der Waals surface area contributed by atoms with Gasteiger partial charge >= 0.3 is 6.03 Å². The maximum absolute atomic E-state index is 14.3. The van der Waals surface area contributed by atoms with Crippen LogP contribution in [-0.2, 0) is 41.3 Å². The molecule has 1 aliphatic rings. The van der Waals surface area contributed by atoms with Gasteiger partial charge in [-0.15, -0.1) is 0 Å². The Morgan fingerprint density at radius 2 is 1.41 bits per heavy atom. The summed E-state index contributed by atoms with van der Waals surface area (Å²) in [7, 11) is 1.41. The summed E-state index contributed by atoms with van der Waals surface area (Å²) in [6.07, 6.45) is 0.0119. The van der Waals surface area contributed by atoms with E-state index in [4.69, 9.17) is 14.2 Å². The van der Waals surface area contributed by atoms with E-state index in [1.165, 1.54) is 23.6 Å². The van der Waals surface area contributed by atoms with E-state index in [0.717, 1.165) is 24.0 Å². The molecule has 58 heavy (non-hydrogen) atoms. The van der Waals surface area contributed by atoms with Crippen molar-refractivity contribution in [3.63, 3.8) is 0 Å². The monoisotopic (exact) mass is 798 g/mol. The Hall–Kier alpha value is -5.23. The Balaban J connectivity index is 1.64. The van der Waals surface area contributed by atoms with Gasteiger partial charge in [-0.1, -0.05) is 112 Å². The standard InChI is InChI=1S/C46H62N4O8/c1-13-34(58-35-24-22-30(45(8,9)14-2)26-32(35)46(10,11)15-3)39(52)47-31-23-25-36(56-12)33(27-31)48-40(53)37(38(51)44(5,6)7)50-41(54)42(57-16-4)49(43(50)55)28-29-20-18-17-19-21-29/h17-27,34,37,42H,13-16,28H2,1-12H3,(H,47,52)(H,48,53). The lowest BCUT2D eigenvalue weighted by molar-refractivity contribution is -0.149. The Morgan fingerprint density at radius 3 is 1.98 bits per heavy atom. The predicted molar refractivity (Wildman–Crippen MR) is 226 cm³/mol. The number of carbonyl (C=O) groups is 5. The predicted octanol–water partition coefficient (Wildman–Crippen LogP) is 8.62. The van der Waals surface area contributed by atoms with E-state index in [1.54, 1.807) is 64.1 Å². The second-order valence-electron chi connectivity index (χ2n) is 17.0. The van der Waals surface area contributed by atoms with Crippen LogP contribution in [0.25, 0.3) is 0 Å². The highest BCUT2D eigenvalue weighted by molar-refractivity contribution is 6.19. The van der Waals surface area contributed by atoms with Crippen molar-refractivity contribution < 1.29 is 38.2 Å². The normalized spacial score (nSPS) is 15.9. The molecule has 5 amide bonds. The second-order valence-corrected chi connectivity index (χ2v) is 17.0. The van der Waals surface area contributed by atoms with Crippen LogP contribution in [0.2, 0.25) is 0 Å². The van der Waals surface area contributed by atoms with Gasteiger partial charge < -0.3 is 24.8 Å². The van der Waals surface area contributed by atoms with Gasteiger partial charge in [0.1, 0.15) is 11.5 Å². The van der Waals surface area contributed by atoms with Crippen molar-refractivity contribution in [2.45, 2.75) is 131 Å². The number of nitrogens with zero attached hydrogens (tertiary/aromatic N) is 2. The summed E-state index contributed by atoms with van der Waals surface area (Å²) in [6.45, 7) is 21.6. The lowest BCUT2D eigenvalue weighted by Gasteiger charge is -2.31. The van der Waals surface area contributed by atoms with Crippen molar-refractivity contribution in [1.82, 2.24) is 9.80 Å². The molecule has 1 aliphatic heterocycles. The van der Waals surface area contributed by atoms with E-state index in [2.05, 4.69) is 64.3 Å². The highest BCUT2D eigenvalue weighted by Crippen LogP contribution is 2.39. The largest absolute Gasteiger partial charge is 0.495 e. The van der Waals surface area contributed by atoms with Crippen molar-refractivity contribution >= 4 is 40.9 Å². The van der Waals surface area contributed by atoms with Gasteiger partial charge in [-0.2, -0.15) is 0 Å². The number of carbonyl (C=O) groups excluding carboxylic acids is 5. The van der Waals surface area contributed by atoms with Gasteiger partial charge in [0.05, 0.1) is 19.3 Å². The number of methoxy groups -OCH3 is 1. The summed E-state index contributed by atoms with van der Waals surface area (Å²) in [5.74, 6) is -1.97. The lowest BCUT2D eigenvalue weighted by Crippen LogP contribution is -2.55. The zero-order valence-corrected chi connectivity index (χ0v) is 36.3. The highest BCUT2D eigenvalue weighted by Gasteiger charge is 2.54. The summed E-state index contributed by atoms with van der Waals surface area (Å²) >= 11 is 0. The van der Waals surface area contributed by atoms with Crippen molar-refractivity contribution in [3.05, 3.63) is 83.4 Å². The number of rotatable bonds is 18. The van der Waals surface area contributed by atoms with Crippen LogP contribution in [-0.4, -0.2) is 71.4 Å². The molecule has 3 atom stereocenters. The van der Waals surface area contributed by atoms with Gasteiger partial charge in [-0.05, 0) is 72.4 Å². The van der Waals surface area contributed by atoms with Gasteiger partial charge in [0.2, 0.25) is 6.23 Å². The molecule has 1 fully saturated rings. The van der Waals surface area contributed by atoms with Crippen LogP contribution in [0, 0.1) is 5.41 Å². The number of amides is 5. The number of anilines is 2. The van der Waals surface area contributed by atoms with Gasteiger partial charge in [-0.25, -0.2) is 9.69 Å². The number of hydrogen-bond donors (Lipinski definition) is 2. The van der Waals surface area contributed by atoms with Crippen molar-refractivity contribution in [2.24, 2.45) is 5.41 Å². The Morgan fingerprint density at radius 1 is 0.776 bits per heavy atom. The molecule has 3 aromatic carbocycles. The fourth-order valence-corrected chi connectivity index (χ4v) is 6.60. The van der Waals surface area contributed by atoms with Crippen LogP contribution >= 0.6 is 0 Å². The van der Waals surface area contributed by atoms with Crippen LogP contribution in [0.3, 0.4) is 0 Å². The third-order valence-electron chi connectivity index (χ3n) is 11.1. The van der Waals surface area contributed by atoms with E-state index < -0.39 is 53.3 Å². The molecule has 3 aromatic rings. The second kappa shape index (κ2) is 18.6. The molecular formula is C46H62N4O8. The smallest absolute Gasteiger partial charge is 0.330 e. The zero-order valence-electron chi connectivity index (χ0n) is 36.3. The van der Waals surface area contributed by atoms with E-state index >= 15 is 0 Å². The van der Waals surface area contributed by atoms with Gasteiger partial charge in [0, 0.05) is 23.3 Å². The Bertz CT molecular complexity index is 1970. The van der Waals surface area contributed by atoms with Crippen molar-refractivity contribution in [1.29, 1.82) is 0 Å². The molecule has 0 radical (unpaired) electrons. The topological polar surface area (TPSA) is 144 Å². The zero-order chi connectivity index (χ0) is 43.2. The van der Waals surface area contributed by atoms with Crippen LogP contribution in [0.1, 0.15) is 112 Å². The SMILES string of the molecule is CCOC1C(=O)N(C(C(=O)Nc2cc(NC(=O)C(CC)Oc3ccc(C(C)(C)CC)cc3C(C)(C)CC)ccc2OC)C(=O)C(C)(C)C)C(=O)N1Cc1ccccc1. The van der Waals surface area contributed by atoms with E-state index in [-0.39, 0.29) is 35.4 Å². The van der Waals surface area contributed by atoms with Gasteiger partial charge in [0.15, 0.2) is 17.9 Å². The minimum absolute atomic E-state index is 0.0166. The van der Waals surface area contributed by atoms with Gasteiger partial charge in [-0.3, -0.25) is 24.1 Å². The molecule has 2 N–H and O–H groups in total. The Kier molecular flexibility index (Phi) is 14.6. The molecular weight excluding hydrogens is 737 g/mol. The summed E-state index contributed by atoms with van der Waals surface area (Å²) in [4.78, 5) is 72.1. The van der Waals surface area contributed by atoms with Crippen molar-refractivity contribution in [2.75, 3.05) is 24.4 Å². The van der Waals surface area contributed by atoms with Crippen LogP contribution in [0.15, 0.2) is 66.7 Å². The maximum Gasteiger partial charge on any atom is 0.330 e. The first-order valence-corrected chi connectivity index (χ1v) is 20.2. The molecule has 4 rings (SSSR count). The van der Waals surface area contributed by atoms with Gasteiger partial charge in [0.25, 0.3) is 17.7 Å². The third-order valence-corrected chi connectivity index (χ3v) is 11.1. The number of benzene rings is 3. The molecule has 0 spiro atoms. The molecule has 1 saturated heterocycles. The minimum atomic E-state index is -1.85. The number of ether oxygens (including phenoxy) is 3. The van der Waals surface area contributed by atoms with Crippen LogP contribution in [0.5, 0.6) is 11.5 Å². The fraction of sp³-hybridized carbons (Fsp3) is 0.500. The quantitative estimate of drug-likeness (QED) is 0.0962. The van der Waals surface area contributed by atoms with E-state index in [9.17, 15) is 24.0 Å². The minimum Gasteiger partial charge on any atom is -0.495 e. The first-order chi connectivity index (χ1) is 27.2. The summed E-state index contributed by atoms with van der Waals surface area (Å²) < 4.78 is 17.7. The first-order valence-electron chi connectivity index (χ1n) is 20.2. The van der Waals surface area contributed by atoms with E-state index in [1.807, 2.05) is 19.1 Å². The number of Topliss-reactive ketones (excluding diaryl/α,β-unsaturated/α-hetero) is 1. The highest BCUT2D eigenvalue weighted by atomic mass is 16.5. The number of hydrogen-bond acceptors (Lipinski definition) is 8. The number of imide groups is 1. The maximum atomic E-state index is 14.3. The van der Waals surface area contributed by atoms with Crippen molar-refractivity contribution in [3.8, 4) is 11.5 Å². The number of nitrogens with one attached hydrogen (secondary N) is 2. The molecule has 1 heterocycles.